The summed E-state index contributed by atoms with van der Waals surface area (Å²) >= 11 is 6.62. The van der Waals surface area contributed by atoms with Gasteiger partial charge in [-0.25, -0.2) is 0 Å². The van der Waals surface area contributed by atoms with Crippen molar-refractivity contribution in [3.8, 4) is 5.75 Å². The number of carbonyl (C=O) groups excluding carboxylic acids is 1. The maximum absolute atomic E-state index is 12.3. The maximum Gasteiger partial charge on any atom is 0.328 e. The molecule has 2 aromatic rings. The number of para-hydroxylation sites is 2. The van der Waals surface area contributed by atoms with Gasteiger partial charge in [-0.15, -0.1) is 0 Å². The highest BCUT2D eigenvalue weighted by Crippen LogP contribution is 2.34. The first-order valence-corrected chi connectivity index (χ1v) is 8.03. The Labute approximate surface area is 138 Å². The van der Waals surface area contributed by atoms with Gasteiger partial charge in [0.15, 0.2) is 0 Å². The van der Waals surface area contributed by atoms with E-state index in [2.05, 4.69) is 0 Å². The zero-order valence-electron chi connectivity index (χ0n) is 11.6. The number of carbonyl (C=O) groups is 1. The van der Waals surface area contributed by atoms with E-state index in [9.17, 15) is 4.79 Å². The molecular formula is C16H14N2O2S2. The average Bonchev–Trinajstić information content (AvgIpc) is 2.84. The van der Waals surface area contributed by atoms with Gasteiger partial charge in [0, 0.05) is 5.69 Å². The monoisotopic (exact) mass is 330 g/mol. The Kier molecular flexibility index (Phi) is 4.42. The second-order valence-electron chi connectivity index (χ2n) is 4.73. The summed E-state index contributed by atoms with van der Waals surface area (Å²) in [6, 6.07) is 18.5. The molecule has 6 heteroatoms. The number of anilines is 1. The Morgan fingerprint density at radius 1 is 1.09 bits per heavy atom. The number of nitrogens with zero attached hydrogens (tertiary/aromatic N) is 1. The number of hydrogen-bond acceptors (Lipinski definition) is 5. The molecule has 3 rings (SSSR count). The van der Waals surface area contributed by atoms with Gasteiger partial charge in [0.2, 0.25) is 0 Å². The van der Waals surface area contributed by atoms with Crippen molar-refractivity contribution in [1.82, 2.24) is 0 Å². The average molecular weight is 330 g/mol. The molecule has 22 heavy (non-hydrogen) atoms. The highest BCUT2D eigenvalue weighted by atomic mass is 32.2. The van der Waals surface area contributed by atoms with Crippen molar-refractivity contribution < 1.29 is 9.53 Å². The van der Waals surface area contributed by atoms with Crippen molar-refractivity contribution in [1.29, 1.82) is 0 Å². The molecule has 0 bridgehead atoms. The normalized spacial score (nSPS) is 21.0. The second kappa shape index (κ2) is 6.48. The lowest BCUT2D eigenvalue weighted by Gasteiger charge is -2.24. The van der Waals surface area contributed by atoms with E-state index in [0.717, 1.165) is 5.69 Å². The van der Waals surface area contributed by atoms with Gasteiger partial charge in [-0.2, -0.15) is 0 Å². The lowest BCUT2D eigenvalue weighted by Crippen LogP contribution is -2.47. The molecule has 1 saturated heterocycles. The van der Waals surface area contributed by atoms with Crippen LogP contribution in [0.3, 0.4) is 0 Å². The van der Waals surface area contributed by atoms with Gasteiger partial charge in [-0.3, -0.25) is 4.79 Å². The molecule has 112 valence electrons. The number of hydrogen-bond donors (Lipinski definition) is 1. The van der Waals surface area contributed by atoms with E-state index < -0.39 is 11.4 Å². The zero-order chi connectivity index (χ0) is 15.5. The first kappa shape index (κ1) is 15.0. The van der Waals surface area contributed by atoms with Gasteiger partial charge in [0.1, 0.15) is 21.5 Å². The smallest absolute Gasteiger partial charge is 0.328 e. The van der Waals surface area contributed by atoms with Gasteiger partial charge in [-0.1, -0.05) is 60.4 Å². The summed E-state index contributed by atoms with van der Waals surface area (Å²) < 4.78 is 5.95. The van der Waals surface area contributed by atoms with E-state index in [0.29, 0.717) is 10.1 Å². The molecule has 0 amide bonds. The molecule has 1 fully saturated rings. The summed E-state index contributed by atoms with van der Waals surface area (Å²) in [5.74, 6) is 0.119. The third-order valence-corrected chi connectivity index (χ3v) is 4.87. The van der Waals surface area contributed by atoms with Gasteiger partial charge < -0.3 is 15.4 Å². The molecule has 1 aliphatic rings. The van der Waals surface area contributed by atoms with Crippen LogP contribution < -0.4 is 15.4 Å². The van der Waals surface area contributed by atoms with E-state index in [1.807, 2.05) is 48.5 Å². The Hall–Kier alpha value is -1.89. The fraction of sp³-hybridized carbons (Fsp3) is 0.125. The predicted molar refractivity (Wildman–Crippen MR) is 93.0 cm³/mol. The van der Waals surface area contributed by atoms with Gasteiger partial charge in [0.25, 0.3) is 0 Å². The summed E-state index contributed by atoms with van der Waals surface area (Å²) in [5, 5.41) is -0.548. The van der Waals surface area contributed by atoms with Crippen LogP contribution in [0.15, 0.2) is 60.7 Å². The van der Waals surface area contributed by atoms with Crippen LogP contribution in [0.5, 0.6) is 5.75 Å². The van der Waals surface area contributed by atoms with E-state index in [-0.39, 0.29) is 5.97 Å². The van der Waals surface area contributed by atoms with Crippen LogP contribution in [-0.4, -0.2) is 21.7 Å². The van der Waals surface area contributed by atoms with E-state index in [1.54, 1.807) is 17.0 Å². The molecule has 0 radical (unpaired) electrons. The SMILES string of the molecule is N[C@@H]1[C@H](C(=O)Oc2ccccc2)SC(=S)N1c1ccccc1. The van der Waals surface area contributed by atoms with Gasteiger partial charge in [0.05, 0.1) is 0 Å². The van der Waals surface area contributed by atoms with Crippen molar-refractivity contribution in [2.45, 2.75) is 11.4 Å². The van der Waals surface area contributed by atoms with E-state index in [1.165, 1.54) is 11.8 Å². The fourth-order valence-electron chi connectivity index (χ4n) is 2.21. The van der Waals surface area contributed by atoms with Crippen LogP contribution in [0.25, 0.3) is 0 Å². The van der Waals surface area contributed by atoms with Crippen molar-refractivity contribution in [2.24, 2.45) is 5.73 Å². The van der Waals surface area contributed by atoms with Gasteiger partial charge in [-0.05, 0) is 24.3 Å². The fourth-order valence-corrected chi connectivity index (χ4v) is 3.71. The minimum atomic E-state index is -0.548. The zero-order valence-corrected chi connectivity index (χ0v) is 13.2. The number of esters is 1. The first-order chi connectivity index (χ1) is 10.7. The second-order valence-corrected chi connectivity index (χ2v) is 6.51. The van der Waals surface area contributed by atoms with Crippen LogP contribution in [-0.2, 0) is 4.79 Å². The highest BCUT2D eigenvalue weighted by molar-refractivity contribution is 8.24. The molecular weight excluding hydrogens is 316 g/mol. The molecule has 0 aromatic heterocycles. The minimum Gasteiger partial charge on any atom is -0.426 e. The van der Waals surface area contributed by atoms with E-state index in [4.69, 9.17) is 22.7 Å². The molecule has 4 nitrogen and oxygen atoms in total. The summed E-state index contributed by atoms with van der Waals surface area (Å²) in [6.07, 6.45) is -0.545. The quantitative estimate of drug-likeness (QED) is 0.530. The molecule has 0 aliphatic carbocycles. The summed E-state index contributed by atoms with van der Waals surface area (Å²) in [7, 11) is 0. The lowest BCUT2D eigenvalue weighted by molar-refractivity contribution is -0.134. The van der Waals surface area contributed by atoms with Crippen LogP contribution in [0.1, 0.15) is 0 Å². The topological polar surface area (TPSA) is 55.6 Å². The third-order valence-electron chi connectivity index (χ3n) is 3.26. The third kappa shape index (κ3) is 2.99. The highest BCUT2D eigenvalue weighted by Gasteiger charge is 2.42. The molecule has 2 atom stereocenters. The van der Waals surface area contributed by atoms with Crippen LogP contribution >= 0.6 is 24.0 Å². The number of thiocarbonyl (C=S) groups is 1. The number of rotatable bonds is 3. The standard InChI is InChI=1S/C16H14N2O2S2/c17-14-13(15(19)20-12-9-5-2-6-10-12)22-16(21)18(14)11-7-3-1-4-8-11/h1-10,13-14H,17H2/t13-,14+/m1/s1. The Morgan fingerprint density at radius 2 is 1.68 bits per heavy atom. The van der Waals surface area contributed by atoms with Crippen molar-refractivity contribution in [3.63, 3.8) is 0 Å². The number of benzene rings is 2. The van der Waals surface area contributed by atoms with Crippen molar-refractivity contribution >= 4 is 40.0 Å². The molecule has 2 N–H and O–H groups in total. The molecule has 0 spiro atoms. The summed E-state index contributed by atoms with van der Waals surface area (Å²) in [6.45, 7) is 0. The van der Waals surface area contributed by atoms with E-state index >= 15 is 0 Å². The maximum atomic E-state index is 12.3. The van der Waals surface area contributed by atoms with Crippen LogP contribution in [0.2, 0.25) is 0 Å². The van der Waals surface area contributed by atoms with Gasteiger partial charge >= 0.3 is 5.97 Å². The summed E-state index contributed by atoms with van der Waals surface area (Å²) in [4.78, 5) is 14.1. The Bertz CT molecular complexity index is 679. The first-order valence-electron chi connectivity index (χ1n) is 6.74. The largest absolute Gasteiger partial charge is 0.426 e. The lowest BCUT2D eigenvalue weighted by atomic mass is 10.2. The molecule has 0 unspecified atom stereocenters. The van der Waals surface area contributed by atoms with Crippen LogP contribution in [0, 0.1) is 0 Å². The molecule has 1 aliphatic heterocycles. The summed E-state index contributed by atoms with van der Waals surface area (Å²) in [5.41, 5.74) is 7.09. The van der Waals surface area contributed by atoms with Crippen molar-refractivity contribution in [2.75, 3.05) is 4.90 Å². The number of thioether (sulfide) groups is 1. The Balaban J connectivity index is 1.76. The predicted octanol–water partition coefficient (Wildman–Crippen LogP) is 2.78. The number of ether oxygens (including phenoxy) is 1. The molecule has 0 saturated carbocycles. The van der Waals surface area contributed by atoms with Crippen molar-refractivity contribution in [3.05, 3.63) is 60.7 Å². The number of nitrogens with two attached hydrogens (primary N) is 1. The van der Waals surface area contributed by atoms with Crippen LogP contribution in [0.4, 0.5) is 5.69 Å². The molecule has 1 heterocycles. The Morgan fingerprint density at radius 3 is 2.32 bits per heavy atom. The molecule has 2 aromatic carbocycles. The minimum absolute atomic E-state index is 0.385.